The Hall–Kier alpha value is -1.00. The van der Waals surface area contributed by atoms with Crippen LogP contribution in [0.2, 0.25) is 0 Å². The van der Waals surface area contributed by atoms with E-state index in [1.807, 2.05) is 6.92 Å². The van der Waals surface area contributed by atoms with Crippen molar-refractivity contribution in [2.24, 2.45) is 5.41 Å². The van der Waals surface area contributed by atoms with Gasteiger partial charge in [-0.05, 0) is 56.8 Å². The van der Waals surface area contributed by atoms with Gasteiger partial charge in [-0.2, -0.15) is 0 Å². The van der Waals surface area contributed by atoms with E-state index in [0.29, 0.717) is 29.5 Å². The number of halogens is 2. The minimum absolute atomic E-state index is 0.337. The second-order valence-electron chi connectivity index (χ2n) is 6.30. The number of hydrogen-bond donors (Lipinski definition) is 1. The van der Waals surface area contributed by atoms with Crippen molar-refractivity contribution in [3.05, 3.63) is 35.4 Å². The minimum atomic E-state index is -0.500. The third-order valence-electron chi connectivity index (χ3n) is 5.16. The van der Waals surface area contributed by atoms with Crippen molar-refractivity contribution in [3.8, 4) is 0 Å². The molecule has 0 bridgehead atoms. The van der Waals surface area contributed by atoms with Gasteiger partial charge >= 0.3 is 0 Å². The molecule has 0 amide bonds. The molecule has 2 unspecified atom stereocenters. The lowest BCUT2D eigenvalue weighted by molar-refractivity contribution is -0.172. The van der Waals surface area contributed by atoms with E-state index in [2.05, 4.69) is 5.32 Å². The van der Waals surface area contributed by atoms with E-state index in [0.717, 1.165) is 25.6 Å². The Balaban J connectivity index is 1.50. The summed E-state index contributed by atoms with van der Waals surface area (Å²) >= 11 is 0. The molecule has 3 rings (SSSR count). The van der Waals surface area contributed by atoms with Gasteiger partial charge in [0.05, 0.1) is 6.10 Å². The summed E-state index contributed by atoms with van der Waals surface area (Å²) in [6.45, 7) is 3.58. The molecular formula is C17H23F2NO. The maximum Gasteiger partial charge on any atom is 0.126 e. The lowest BCUT2D eigenvalue weighted by Crippen LogP contribution is -2.67. The molecule has 21 heavy (non-hydrogen) atoms. The van der Waals surface area contributed by atoms with Crippen molar-refractivity contribution >= 4 is 0 Å². The van der Waals surface area contributed by atoms with Crippen LogP contribution in [0.25, 0.3) is 0 Å². The van der Waals surface area contributed by atoms with Gasteiger partial charge in [0.2, 0.25) is 0 Å². The van der Waals surface area contributed by atoms with Crippen molar-refractivity contribution in [1.82, 2.24) is 5.32 Å². The highest BCUT2D eigenvalue weighted by molar-refractivity contribution is 5.18. The Labute approximate surface area is 124 Å². The van der Waals surface area contributed by atoms with Gasteiger partial charge < -0.3 is 10.1 Å². The molecule has 0 aromatic heterocycles. The fraction of sp³-hybridized carbons (Fsp3) is 0.647. The summed E-state index contributed by atoms with van der Waals surface area (Å²) in [5.74, 6) is -0.999. The van der Waals surface area contributed by atoms with Gasteiger partial charge in [-0.1, -0.05) is 6.42 Å². The van der Waals surface area contributed by atoms with E-state index < -0.39 is 11.6 Å². The zero-order valence-corrected chi connectivity index (χ0v) is 12.5. The number of rotatable bonds is 6. The Morgan fingerprint density at radius 2 is 1.95 bits per heavy atom. The largest absolute Gasteiger partial charge is 0.378 e. The molecule has 1 spiro atoms. The predicted molar refractivity (Wildman–Crippen MR) is 78.2 cm³/mol. The molecule has 0 radical (unpaired) electrons. The van der Waals surface area contributed by atoms with Crippen molar-refractivity contribution in [1.29, 1.82) is 0 Å². The number of ether oxygens (including phenoxy) is 1. The first-order chi connectivity index (χ1) is 10.1. The predicted octanol–water partition coefficient (Wildman–Crippen LogP) is 3.44. The molecule has 0 saturated heterocycles. The number of nitrogens with one attached hydrogen (secondary N) is 1. The van der Waals surface area contributed by atoms with E-state index in [-0.39, 0.29) is 0 Å². The summed E-state index contributed by atoms with van der Waals surface area (Å²) in [5.41, 5.74) is 1.05. The van der Waals surface area contributed by atoms with Gasteiger partial charge in [0.25, 0.3) is 0 Å². The van der Waals surface area contributed by atoms with Crippen LogP contribution in [0.15, 0.2) is 18.2 Å². The Morgan fingerprint density at radius 1 is 1.24 bits per heavy atom. The molecule has 0 heterocycles. The van der Waals surface area contributed by atoms with Crippen LogP contribution >= 0.6 is 0 Å². The summed E-state index contributed by atoms with van der Waals surface area (Å²) in [5, 5.41) is 3.56. The Kier molecular flexibility index (Phi) is 4.27. The number of benzene rings is 1. The van der Waals surface area contributed by atoms with E-state index >= 15 is 0 Å². The molecule has 2 saturated carbocycles. The minimum Gasteiger partial charge on any atom is -0.378 e. The second-order valence-corrected chi connectivity index (χ2v) is 6.30. The molecule has 1 aromatic rings. The van der Waals surface area contributed by atoms with Crippen LogP contribution in [0, 0.1) is 17.0 Å². The topological polar surface area (TPSA) is 21.3 Å². The molecule has 2 aliphatic carbocycles. The maximum absolute atomic E-state index is 13.1. The van der Waals surface area contributed by atoms with Crippen LogP contribution in [0.5, 0.6) is 0 Å². The normalized spacial score (nSPS) is 26.4. The molecule has 0 aliphatic heterocycles. The summed E-state index contributed by atoms with van der Waals surface area (Å²) in [4.78, 5) is 0. The first kappa shape index (κ1) is 14.9. The molecule has 116 valence electrons. The third-order valence-corrected chi connectivity index (χ3v) is 5.16. The fourth-order valence-electron chi connectivity index (χ4n) is 3.87. The summed E-state index contributed by atoms with van der Waals surface area (Å²) in [7, 11) is 0. The lowest BCUT2D eigenvalue weighted by atomic mass is 9.51. The van der Waals surface area contributed by atoms with Crippen molar-refractivity contribution in [2.75, 3.05) is 13.2 Å². The lowest BCUT2D eigenvalue weighted by Gasteiger charge is -2.61. The standard InChI is InChI=1S/C17H23F2NO/c1-2-21-16-11-15(17(16)5-3-6-17)20-7-4-12-8-13(18)10-14(19)9-12/h8-10,15-16,20H,2-7,11H2,1H3. The Morgan fingerprint density at radius 3 is 2.52 bits per heavy atom. The number of hydrogen-bond acceptors (Lipinski definition) is 2. The highest BCUT2D eigenvalue weighted by Gasteiger charge is 2.58. The zero-order chi connectivity index (χ0) is 14.9. The van der Waals surface area contributed by atoms with E-state index in [4.69, 9.17) is 4.74 Å². The van der Waals surface area contributed by atoms with Gasteiger partial charge in [0, 0.05) is 24.1 Å². The van der Waals surface area contributed by atoms with Crippen molar-refractivity contribution in [3.63, 3.8) is 0 Å². The van der Waals surface area contributed by atoms with E-state index in [1.54, 1.807) is 0 Å². The van der Waals surface area contributed by atoms with Crippen LogP contribution in [-0.2, 0) is 11.2 Å². The smallest absolute Gasteiger partial charge is 0.126 e. The van der Waals surface area contributed by atoms with Crippen LogP contribution in [-0.4, -0.2) is 25.3 Å². The maximum atomic E-state index is 13.1. The van der Waals surface area contributed by atoms with Crippen molar-refractivity contribution < 1.29 is 13.5 Å². The molecule has 4 heteroatoms. The second kappa shape index (κ2) is 6.01. The molecular weight excluding hydrogens is 272 g/mol. The van der Waals surface area contributed by atoms with Crippen LogP contribution < -0.4 is 5.32 Å². The molecule has 2 fully saturated rings. The molecule has 2 nitrogen and oxygen atoms in total. The SMILES string of the molecule is CCOC1CC(NCCc2cc(F)cc(F)c2)C12CCC2. The third kappa shape index (κ3) is 2.84. The highest BCUT2D eigenvalue weighted by Crippen LogP contribution is 2.57. The van der Waals surface area contributed by atoms with Crippen LogP contribution in [0.1, 0.15) is 38.2 Å². The fourth-order valence-corrected chi connectivity index (χ4v) is 3.87. The van der Waals surface area contributed by atoms with E-state index in [1.165, 1.54) is 31.4 Å². The highest BCUT2D eigenvalue weighted by atomic mass is 19.1. The summed E-state index contributed by atoms with van der Waals surface area (Å²) in [6, 6.07) is 4.24. The average molecular weight is 295 g/mol. The Bertz CT molecular complexity index is 481. The van der Waals surface area contributed by atoms with Gasteiger partial charge in [0.15, 0.2) is 0 Å². The quantitative estimate of drug-likeness (QED) is 0.868. The average Bonchev–Trinajstić information content (AvgIpc) is 2.33. The zero-order valence-electron chi connectivity index (χ0n) is 12.5. The first-order valence-corrected chi connectivity index (χ1v) is 7.94. The molecule has 2 atom stereocenters. The van der Waals surface area contributed by atoms with Crippen LogP contribution in [0.3, 0.4) is 0 Å². The van der Waals surface area contributed by atoms with Gasteiger partial charge in [-0.3, -0.25) is 0 Å². The van der Waals surface area contributed by atoms with E-state index in [9.17, 15) is 8.78 Å². The van der Waals surface area contributed by atoms with Gasteiger partial charge in [0.1, 0.15) is 11.6 Å². The summed E-state index contributed by atoms with van der Waals surface area (Å²) < 4.78 is 32.1. The first-order valence-electron chi connectivity index (χ1n) is 7.94. The van der Waals surface area contributed by atoms with Gasteiger partial charge in [-0.25, -0.2) is 8.78 Å². The molecule has 1 aromatic carbocycles. The van der Waals surface area contributed by atoms with Gasteiger partial charge in [-0.15, -0.1) is 0 Å². The summed E-state index contributed by atoms with van der Waals surface area (Å²) in [6.07, 6.45) is 5.89. The monoisotopic (exact) mass is 295 g/mol. The van der Waals surface area contributed by atoms with Crippen molar-refractivity contribution in [2.45, 2.75) is 51.2 Å². The van der Waals surface area contributed by atoms with Crippen LogP contribution in [0.4, 0.5) is 8.78 Å². The molecule has 2 aliphatic rings. The molecule has 1 N–H and O–H groups in total.